The molecular formula is C21H24FN3O5S2. The van der Waals surface area contributed by atoms with Crippen molar-refractivity contribution in [2.24, 2.45) is 0 Å². The van der Waals surface area contributed by atoms with Gasteiger partial charge in [-0.1, -0.05) is 30.8 Å². The van der Waals surface area contributed by atoms with Gasteiger partial charge in [-0.2, -0.15) is 0 Å². The number of hydrogen-bond acceptors (Lipinski definition) is 6. The number of nitro benzene ring substituents is 1. The maximum absolute atomic E-state index is 14.1. The van der Waals surface area contributed by atoms with Crippen LogP contribution in [0.5, 0.6) is 0 Å². The van der Waals surface area contributed by atoms with E-state index in [9.17, 15) is 27.7 Å². The van der Waals surface area contributed by atoms with Crippen LogP contribution < -0.4 is 5.32 Å². The summed E-state index contributed by atoms with van der Waals surface area (Å²) in [5, 5.41) is 14.1. The molecule has 0 radical (unpaired) electrons. The van der Waals surface area contributed by atoms with Crippen LogP contribution in [0, 0.1) is 15.9 Å². The maximum atomic E-state index is 14.1. The predicted molar refractivity (Wildman–Crippen MR) is 120 cm³/mol. The number of halogens is 1. The van der Waals surface area contributed by atoms with Gasteiger partial charge in [0.1, 0.15) is 5.82 Å². The molecule has 1 fully saturated rings. The van der Waals surface area contributed by atoms with Crippen LogP contribution in [0.4, 0.5) is 10.1 Å². The third kappa shape index (κ3) is 5.84. The Morgan fingerprint density at radius 2 is 1.91 bits per heavy atom. The summed E-state index contributed by atoms with van der Waals surface area (Å²) in [6.45, 7) is 2.42. The summed E-state index contributed by atoms with van der Waals surface area (Å²) in [5.41, 5.74) is -0.165. The molecule has 1 heterocycles. The van der Waals surface area contributed by atoms with E-state index in [1.165, 1.54) is 28.6 Å². The second-order valence-electron chi connectivity index (χ2n) is 7.43. The molecule has 0 bridgehead atoms. The highest BCUT2D eigenvalue weighted by molar-refractivity contribution is 7.99. The van der Waals surface area contributed by atoms with Gasteiger partial charge in [-0.05, 0) is 37.5 Å². The van der Waals surface area contributed by atoms with Gasteiger partial charge < -0.3 is 5.32 Å². The van der Waals surface area contributed by atoms with Crippen LogP contribution in [-0.4, -0.2) is 48.4 Å². The van der Waals surface area contributed by atoms with Gasteiger partial charge in [-0.3, -0.25) is 14.9 Å². The normalized spacial score (nSPS) is 15.4. The average Bonchev–Trinajstić information content (AvgIpc) is 2.75. The first-order valence-corrected chi connectivity index (χ1v) is 12.6. The second kappa shape index (κ2) is 10.4. The third-order valence-corrected chi connectivity index (χ3v) is 8.32. The van der Waals surface area contributed by atoms with E-state index in [0.29, 0.717) is 42.1 Å². The zero-order valence-corrected chi connectivity index (χ0v) is 19.1. The molecule has 2 aromatic carbocycles. The number of nitrogens with one attached hydrogen (secondary N) is 1. The minimum atomic E-state index is -3.29. The number of benzene rings is 2. The summed E-state index contributed by atoms with van der Waals surface area (Å²) in [7, 11) is -3.29. The topological polar surface area (TPSA) is 110 Å². The maximum Gasteiger partial charge on any atom is 0.270 e. The number of nitrogens with zero attached hydrogens (tertiary/aromatic N) is 2. The predicted octanol–water partition coefficient (Wildman–Crippen LogP) is 3.82. The molecular weight excluding hydrogens is 457 g/mol. The molecule has 1 aliphatic heterocycles. The summed E-state index contributed by atoms with van der Waals surface area (Å²) in [6, 6.07) is 9.71. The Hall–Kier alpha value is -2.50. The number of hydrogen-bond donors (Lipinski definition) is 1. The first-order chi connectivity index (χ1) is 15.2. The molecule has 0 aromatic heterocycles. The lowest BCUT2D eigenvalue weighted by molar-refractivity contribution is -0.384. The molecule has 0 spiro atoms. The summed E-state index contributed by atoms with van der Waals surface area (Å²) in [5.74, 6) is -0.876. The number of carbonyl (C=O) groups excluding carboxylic acids is 1. The Morgan fingerprint density at radius 3 is 2.53 bits per heavy atom. The molecule has 2 aromatic rings. The molecule has 1 N–H and O–H groups in total. The highest BCUT2D eigenvalue weighted by atomic mass is 32.2. The summed E-state index contributed by atoms with van der Waals surface area (Å²) >= 11 is 1.01. The van der Waals surface area contributed by atoms with Gasteiger partial charge >= 0.3 is 0 Å². The minimum absolute atomic E-state index is 0.0773. The van der Waals surface area contributed by atoms with Crippen molar-refractivity contribution in [3.8, 4) is 0 Å². The fourth-order valence-corrected chi connectivity index (χ4v) is 5.96. The Kier molecular flexibility index (Phi) is 7.86. The molecule has 0 atom stereocenters. The first-order valence-electron chi connectivity index (χ1n) is 10.2. The number of carbonyl (C=O) groups is 1. The molecule has 11 heteroatoms. The molecule has 8 nitrogen and oxygen atoms in total. The van der Waals surface area contributed by atoms with Gasteiger partial charge in [0.25, 0.3) is 11.6 Å². The largest absolute Gasteiger partial charge is 0.349 e. The summed E-state index contributed by atoms with van der Waals surface area (Å²) < 4.78 is 40.0. The lowest BCUT2D eigenvalue weighted by Crippen LogP contribution is -2.47. The molecule has 0 unspecified atom stereocenters. The van der Waals surface area contributed by atoms with Gasteiger partial charge in [-0.15, -0.1) is 0 Å². The molecule has 32 heavy (non-hydrogen) atoms. The zero-order chi connectivity index (χ0) is 23.3. The SMILES string of the molecule is CCCS(=O)(=O)N1CCC(NC(=O)c2cc([N+](=O)[O-])ccc2Sc2ccccc2F)CC1. The number of non-ortho nitro benzene ring substituents is 1. The monoisotopic (exact) mass is 481 g/mol. The quantitative estimate of drug-likeness (QED) is 0.453. The number of piperidine rings is 1. The standard InChI is InChI=1S/C21H24FN3O5S2/c1-2-13-32(29,30)24-11-9-15(10-12-24)23-21(26)17-14-16(25(27)28)7-8-19(17)31-20-6-4-3-5-18(20)22/h3-8,14-15H,2,9-13H2,1H3,(H,23,26). The van der Waals surface area contributed by atoms with Gasteiger partial charge in [-0.25, -0.2) is 17.1 Å². The van der Waals surface area contributed by atoms with Crippen LogP contribution in [0.25, 0.3) is 0 Å². The van der Waals surface area contributed by atoms with E-state index in [2.05, 4.69) is 5.32 Å². The van der Waals surface area contributed by atoms with Crippen molar-refractivity contribution in [1.29, 1.82) is 0 Å². The molecule has 1 aliphatic rings. The van der Waals surface area contributed by atoms with Crippen molar-refractivity contribution in [2.45, 2.75) is 42.0 Å². The number of rotatable bonds is 8. The lowest BCUT2D eigenvalue weighted by Gasteiger charge is -2.31. The van der Waals surface area contributed by atoms with E-state index in [0.717, 1.165) is 11.8 Å². The van der Waals surface area contributed by atoms with Gasteiger partial charge in [0.05, 0.1) is 16.2 Å². The van der Waals surface area contributed by atoms with E-state index in [1.54, 1.807) is 25.1 Å². The number of nitro groups is 1. The summed E-state index contributed by atoms with van der Waals surface area (Å²) in [4.78, 5) is 24.3. The molecule has 1 amide bonds. The van der Waals surface area contributed by atoms with Gasteiger partial charge in [0, 0.05) is 41.1 Å². The zero-order valence-electron chi connectivity index (χ0n) is 17.5. The van der Waals surface area contributed by atoms with Crippen LogP contribution in [0.3, 0.4) is 0 Å². The fraction of sp³-hybridized carbons (Fsp3) is 0.381. The highest BCUT2D eigenvalue weighted by Crippen LogP contribution is 2.34. The van der Waals surface area contributed by atoms with E-state index < -0.39 is 26.7 Å². The van der Waals surface area contributed by atoms with E-state index >= 15 is 0 Å². The van der Waals surface area contributed by atoms with Crippen LogP contribution in [0.2, 0.25) is 0 Å². The highest BCUT2D eigenvalue weighted by Gasteiger charge is 2.29. The van der Waals surface area contributed by atoms with E-state index in [4.69, 9.17) is 0 Å². The fourth-order valence-electron chi connectivity index (χ4n) is 3.47. The molecule has 0 aliphatic carbocycles. The van der Waals surface area contributed by atoms with Crippen molar-refractivity contribution in [2.75, 3.05) is 18.8 Å². The van der Waals surface area contributed by atoms with E-state index in [-0.39, 0.29) is 23.0 Å². The van der Waals surface area contributed by atoms with Crippen molar-refractivity contribution in [3.63, 3.8) is 0 Å². The second-order valence-corrected chi connectivity index (χ2v) is 10.6. The van der Waals surface area contributed by atoms with Crippen LogP contribution in [0.1, 0.15) is 36.5 Å². The van der Waals surface area contributed by atoms with E-state index in [1.807, 2.05) is 0 Å². The van der Waals surface area contributed by atoms with Gasteiger partial charge in [0.2, 0.25) is 10.0 Å². The van der Waals surface area contributed by atoms with Crippen LogP contribution >= 0.6 is 11.8 Å². The van der Waals surface area contributed by atoms with Crippen LogP contribution in [-0.2, 0) is 10.0 Å². The minimum Gasteiger partial charge on any atom is -0.349 e. The molecule has 0 saturated carbocycles. The number of sulfonamides is 1. The van der Waals surface area contributed by atoms with Crippen molar-refractivity contribution in [1.82, 2.24) is 9.62 Å². The Bertz CT molecular complexity index is 1100. The Labute approximate surface area is 190 Å². The van der Waals surface area contributed by atoms with Crippen molar-refractivity contribution < 1.29 is 22.5 Å². The van der Waals surface area contributed by atoms with Gasteiger partial charge in [0.15, 0.2) is 0 Å². The third-order valence-electron chi connectivity index (χ3n) is 5.12. The first kappa shape index (κ1) is 24.1. The Morgan fingerprint density at radius 1 is 1.22 bits per heavy atom. The smallest absolute Gasteiger partial charge is 0.270 e. The van der Waals surface area contributed by atoms with Crippen molar-refractivity contribution in [3.05, 3.63) is 64.0 Å². The molecule has 172 valence electrons. The Balaban J connectivity index is 1.76. The molecule has 1 saturated heterocycles. The van der Waals surface area contributed by atoms with Crippen molar-refractivity contribution >= 4 is 33.4 Å². The summed E-state index contributed by atoms with van der Waals surface area (Å²) in [6.07, 6.45) is 1.42. The molecule has 3 rings (SSSR count). The van der Waals surface area contributed by atoms with Crippen LogP contribution in [0.15, 0.2) is 52.3 Å². The number of amides is 1. The lowest BCUT2D eigenvalue weighted by atomic mass is 10.1. The average molecular weight is 482 g/mol.